The summed E-state index contributed by atoms with van der Waals surface area (Å²) in [4.78, 5) is 16.7. The Balaban J connectivity index is 1.88. The summed E-state index contributed by atoms with van der Waals surface area (Å²) in [5, 5.41) is 12.1. The summed E-state index contributed by atoms with van der Waals surface area (Å²) in [6.07, 6.45) is 3.71. The SMILES string of the molecule is C[C@H](NCc1ccc(CC(=O)O)s1)c1cccnc1. The Bertz CT molecular complexity index is 539. The number of nitrogens with zero attached hydrogens (tertiary/aromatic N) is 1. The van der Waals surface area contributed by atoms with Gasteiger partial charge in [0.1, 0.15) is 0 Å². The lowest BCUT2D eigenvalue weighted by Gasteiger charge is -2.12. The van der Waals surface area contributed by atoms with Crippen LogP contribution in [0.15, 0.2) is 36.7 Å². The van der Waals surface area contributed by atoms with Crippen LogP contribution >= 0.6 is 11.3 Å². The molecule has 0 fully saturated rings. The summed E-state index contributed by atoms with van der Waals surface area (Å²) < 4.78 is 0. The van der Waals surface area contributed by atoms with E-state index < -0.39 is 5.97 Å². The fourth-order valence-corrected chi connectivity index (χ4v) is 2.73. The number of hydrogen-bond donors (Lipinski definition) is 2. The predicted molar refractivity (Wildman–Crippen MR) is 75.2 cm³/mol. The van der Waals surface area contributed by atoms with Gasteiger partial charge in [-0.2, -0.15) is 0 Å². The summed E-state index contributed by atoms with van der Waals surface area (Å²) in [6.45, 7) is 2.82. The molecule has 1 atom stereocenters. The first-order valence-electron chi connectivity index (χ1n) is 6.08. The molecule has 0 saturated heterocycles. The lowest BCUT2D eigenvalue weighted by atomic mass is 10.1. The van der Waals surface area contributed by atoms with Crippen molar-refractivity contribution in [1.82, 2.24) is 10.3 Å². The lowest BCUT2D eigenvalue weighted by molar-refractivity contribution is -0.136. The van der Waals surface area contributed by atoms with E-state index in [4.69, 9.17) is 5.11 Å². The molecule has 0 saturated carbocycles. The Labute approximate surface area is 116 Å². The van der Waals surface area contributed by atoms with Crippen molar-refractivity contribution in [2.24, 2.45) is 0 Å². The minimum Gasteiger partial charge on any atom is -0.481 e. The molecule has 0 aliphatic carbocycles. The molecule has 2 rings (SSSR count). The van der Waals surface area contributed by atoms with Crippen LogP contribution < -0.4 is 5.32 Å². The van der Waals surface area contributed by atoms with E-state index in [1.54, 1.807) is 6.20 Å². The Morgan fingerprint density at radius 2 is 2.21 bits per heavy atom. The summed E-state index contributed by atoms with van der Waals surface area (Å²) in [7, 11) is 0. The number of hydrogen-bond acceptors (Lipinski definition) is 4. The molecule has 0 aliphatic heterocycles. The molecule has 2 heterocycles. The van der Waals surface area contributed by atoms with E-state index in [9.17, 15) is 4.79 Å². The van der Waals surface area contributed by atoms with E-state index in [-0.39, 0.29) is 12.5 Å². The zero-order valence-corrected chi connectivity index (χ0v) is 11.5. The number of carboxylic acid groups (broad SMARTS) is 1. The highest BCUT2D eigenvalue weighted by molar-refractivity contribution is 7.12. The first-order valence-corrected chi connectivity index (χ1v) is 6.89. The van der Waals surface area contributed by atoms with E-state index in [1.165, 1.54) is 11.3 Å². The maximum absolute atomic E-state index is 10.6. The van der Waals surface area contributed by atoms with E-state index in [0.29, 0.717) is 0 Å². The topological polar surface area (TPSA) is 62.2 Å². The van der Waals surface area contributed by atoms with Crippen molar-refractivity contribution in [1.29, 1.82) is 0 Å². The van der Waals surface area contributed by atoms with Gasteiger partial charge in [-0.05, 0) is 30.7 Å². The highest BCUT2D eigenvalue weighted by Crippen LogP contribution is 2.18. The molecule has 0 radical (unpaired) electrons. The van der Waals surface area contributed by atoms with Gasteiger partial charge < -0.3 is 10.4 Å². The van der Waals surface area contributed by atoms with Gasteiger partial charge in [0, 0.05) is 34.7 Å². The van der Waals surface area contributed by atoms with E-state index >= 15 is 0 Å². The maximum Gasteiger partial charge on any atom is 0.308 e. The lowest BCUT2D eigenvalue weighted by Crippen LogP contribution is -2.17. The fourth-order valence-electron chi connectivity index (χ4n) is 1.77. The average molecular weight is 276 g/mol. The number of nitrogens with one attached hydrogen (secondary N) is 1. The third-order valence-corrected chi connectivity index (χ3v) is 3.89. The van der Waals surface area contributed by atoms with Crippen LogP contribution in [0.4, 0.5) is 0 Å². The van der Waals surface area contributed by atoms with E-state index in [1.807, 2.05) is 30.5 Å². The van der Waals surface area contributed by atoms with Gasteiger partial charge in [-0.1, -0.05) is 6.07 Å². The van der Waals surface area contributed by atoms with Crippen molar-refractivity contribution in [3.05, 3.63) is 52.0 Å². The van der Waals surface area contributed by atoms with Gasteiger partial charge in [0.25, 0.3) is 0 Å². The third-order valence-electron chi connectivity index (χ3n) is 2.81. The van der Waals surface area contributed by atoms with Crippen LogP contribution in [0.3, 0.4) is 0 Å². The van der Waals surface area contributed by atoms with Crippen LogP contribution in [-0.4, -0.2) is 16.1 Å². The monoisotopic (exact) mass is 276 g/mol. The Kier molecular flexibility index (Phi) is 4.65. The van der Waals surface area contributed by atoms with Crippen LogP contribution in [-0.2, 0) is 17.8 Å². The molecule has 0 unspecified atom stereocenters. The molecule has 4 nitrogen and oxygen atoms in total. The second-order valence-corrected chi connectivity index (χ2v) is 5.58. The zero-order chi connectivity index (χ0) is 13.7. The first-order chi connectivity index (χ1) is 9.15. The Morgan fingerprint density at radius 1 is 1.42 bits per heavy atom. The molecule has 2 aromatic heterocycles. The molecule has 0 amide bonds. The van der Waals surface area contributed by atoms with Gasteiger partial charge >= 0.3 is 5.97 Å². The quantitative estimate of drug-likeness (QED) is 0.851. The van der Waals surface area contributed by atoms with Crippen molar-refractivity contribution in [2.45, 2.75) is 25.9 Å². The van der Waals surface area contributed by atoms with Gasteiger partial charge in [0.05, 0.1) is 6.42 Å². The summed E-state index contributed by atoms with van der Waals surface area (Å²) >= 11 is 1.54. The van der Waals surface area contributed by atoms with Gasteiger partial charge in [0.2, 0.25) is 0 Å². The van der Waals surface area contributed by atoms with E-state index in [0.717, 1.165) is 21.9 Å². The number of pyridine rings is 1. The molecule has 19 heavy (non-hydrogen) atoms. The van der Waals surface area contributed by atoms with Crippen LogP contribution in [0.25, 0.3) is 0 Å². The predicted octanol–water partition coefficient (Wildman–Crippen LogP) is 2.62. The van der Waals surface area contributed by atoms with E-state index in [2.05, 4.69) is 17.2 Å². The van der Waals surface area contributed by atoms with Gasteiger partial charge in [-0.3, -0.25) is 9.78 Å². The Morgan fingerprint density at radius 3 is 2.89 bits per heavy atom. The number of rotatable bonds is 6. The normalized spacial score (nSPS) is 12.3. The van der Waals surface area contributed by atoms with Crippen molar-refractivity contribution < 1.29 is 9.90 Å². The van der Waals surface area contributed by atoms with Crippen molar-refractivity contribution in [2.75, 3.05) is 0 Å². The summed E-state index contributed by atoms with van der Waals surface area (Å²) in [6, 6.07) is 8.04. The molecular weight excluding hydrogens is 260 g/mol. The van der Waals surface area contributed by atoms with Crippen LogP contribution in [0.2, 0.25) is 0 Å². The van der Waals surface area contributed by atoms with Gasteiger partial charge in [0.15, 0.2) is 0 Å². The number of carboxylic acids is 1. The van der Waals surface area contributed by atoms with Crippen molar-refractivity contribution >= 4 is 17.3 Å². The summed E-state index contributed by atoms with van der Waals surface area (Å²) in [5.74, 6) is -0.787. The highest BCUT2D eigenvalue weighted by Gasteiger charge is 2.07. The molecule has 0 bridgehead atoms. The van der Waals surface area contributed by atoms with Crippen molar-refractivity contribution in [3.63, 3.8) is 0 Å². The molecule has 5 heteroatoms. The van der Waals surface area contributed by atoms with Gasteiger partial charge in [-0.25, -0.2) is 0 Å². The molecule has 0 aliphatic rings. The average Bonchev–Trinajstić information content (AvgIpc) is 2.84. The van der Waals surface area contributed by atoms with Crippen LogP contribution in [0, 0.1) is 0 Å². The standard InChI is InChI=1S/C14H16N2O2S/c1-10(11-3-2-6-15-8-11)16-9-13-5-4-12(19-13)7-14(17)18/h2-6,8,10,16H,7,9H2,1H3,(H,17,18)/t10-/m0/s1. The number of thiophene rings is 1. The largest absolute Gasteiger partial charge is 0.481 e. The van der Waals surface area contributed by atoms with Gasteiger partial charge in [-0.15, -0.1) is 11.3 Å². The number of aromatic nitrogens is 1. The van der Waals surface area contributed by atoms with Crippen LogP contribution in [0.1, 0.15) is 28.3 Å². The minimum absolute atomic E-state index is 0.100. The van der Waals surface area contributed by atoms with Crippen molar-refractivity contribution in [3.8, 4) is 0 Å². The second kappa shape index (κ2) is 6.45. The smallest absolute Gasteiger partial charge is 0.308 e. The molecular formula is C14H16N2O2S. The number of carbonyl (C=O) groups is 1. The number of aliphatic carboxylic acids is 1. The molecule has 0 aromatic carbocycles. The highest BCUT2D eigenvalue weighted by atomic mass is 32.1. The Hall–Kier alpha value is -1.72. The molecule has 2 aromatic rings. The third kappa shape index (κ3) is 4.15. The second-order valence-electron chi connectivity index (χ2n) is 4.33. The first kappa shape index (κ1) is 13.7. The van der Waals surface area contributed by atoms with Crippen LogP contribution in [0.5, 0.6) is 0 Å². The maximum atomic E-state index is 10.6. The fraction of sp³-hybridized carbons (Fsp3) is 0.286. The zero-order valence-electron chi connectivity index (χ0n) is 10.7. The minimum atomic E-state index is -0.787. The molecule has 100 valence electrons. The molecule has 0 spiro atoms. The summed E-state index contributed by atoms with van der Waals surface area (Å²) in [5.41, 5.74) is 1.14. The molecule has 2 N–H and O–H groups in total.